The highest BCUT2D eigenvalue weighted by Crippen LogP contribution is 2.15. The number of hydrogen-bond donors (Lipinski definition) is 1. The highest BCUT2D eigenvalue weighted by atomic mass is 16.6. The molecular weight excluding hydrogens is 144 g/mol. The van der Waals surface area contributed by atoms with Crippen molar-refractivity contribution in [1.82, 2.24) is 0 Å². The van der Waals surface area contributed by atoms with E-state index >= 15 is 0 Å². The van der Waals surface area contributed by atoms with Crippen molar-refractivity contribution < 1.29 is 14.6 Å². The van der Waals surface area contributed by atoms with E-state index < -0.39 is 0 Å². The molecule has 1 heterocycles. The maximum Gasteiger partial charge on any atom is 0.104 e. The Bertz CT molecular complexity index is 119. The Labute approximate surface area is 67.3 Å². The molecule has 0 aliphatic carbocycles. The Hall–Kier alpha value is -0.120. The van der Waals surface area contributed by atoms with Crippen LogP contribution in [0, 0.1) is 5.41 Å². The average molecular weight is 160 g/mol. The normalized spacial score (nSPS) is 23.7. The Morgan fingerprint density at radius 2 is 2.27 bits per heavy atom. The van der Waals surface area contributed by atoms with Gasteiger partial charge in [0.1, 0.15) is 6.10 Å². The van der Waals surface area contributed by atoms with Crippen LogP contribution in [0.3, 0.4) is 0 Å². The maximum atomic E-state index is 8.86. The van der Waals surface area contributed by atoms with E-state index in [2.05, 4.69) is 0 Å². The highest BCUT2D eigenvalue weighted by Gasteiger charge is 2.24. The molecule has 0 aromatic carbocycles. The Morgan fingerprint density at radius 3 is 2.73 bits per heavy atom. The summed E-state index contributed by atoms with van der Waals surface area (Å²) in [5.41, 5.74) is -0.116. The maximum absolute atomic E-state index is 8.86. The van der Waals surface area contributed by atoms with Crippen molar-refractivity contribution >= 4 is 0 Å². The van der Waals surface area contributed by atoms with Gasteiger partial charge in [-0.1, -0.05) is 13.8 Å². The lowest BCUT2D eigenvalue weighted by molar-refractivity contribution is 0.0219. The van der Waals surface area contributed by atoms with Crippen molar-refractivity contribution in [2.45, 2.75) is 20.0 Å². The fraction of sp³-hybridized carbons (Fsp3) is 1.00. The van der Waals surface area contributed by atoms with E-state index in [4.69, 9.17) is 14.6 Å². The summed E-state index contributed by atoms with van der Waals surface area (Å²) in [6.07, 6.45) is 0.324. The second-order valence-corrected chi connectivity index (χ2v) is 3.79. The van der Waals surface area contributed by atoms with E-state index in [-0.39, 0.29) is 12.0 Å². The second kappa shape index (κ2) is 3.52. The Balaban J connectivity index is 1.99. The SMILES string of the molecule is CC(C)(CO)COCC1CO1. The average Bonchev–Trinajstić information content (AvgIpc) is 2.71. The molecule has 1 saturated heterocycles. The van der Waals surface area contributed by atoms with Gasteiger partial charge in [-0.3, -0.25) is 0 Å². The summed E-state index contributed by atoms with van der Waals surface area (Å²) < 4.78 is 10.3. The van der Waals surface area contributed by atoms with Gasteiger partial charge in [-0.2, -0.15) is 0 Å². The van der Waals surface area contributed by atoms with Crippen molar-refractivity contribution in [3.05, 3.63) is 0 Å². The largest absolute Gasteiger partial charge is 0.396 e. The molecule has 0 spiro atoms. The van der Waals surface area contributed by atoms with E-state index in [1.807, 2.05) is 13.8 Å². The molecule has 1 aliphatic heterocycles. The van der Waals surface area contributed by atoms with Crippen LogP contribution in [0.15, 0.2) is 0 Å². The lowest BCUT2D eigenvalue weighted by atomic mass is 9.97. The summed E-state index contributed by atoms with van der Waals surface area (Å²) in [5, 5.41) is 8.86. The minimum absolute atomic E-state index is 0.116. The first-order chi connectivity index (χ1) is 5.14. The van der Waals surface area contributed by atoms with Gasteiger partial charge in [0.25, 0.3) is 0 Å². The predicted octanol–water partition coefficient (Wildman–Crippen LogP) is 0.420. The molecule has 3 heteroatoms. The molecule has 0 saturated carbocycles. The summed E-state index contributed by atoms with van der Waals surface area (Å²) in [7, 11) is 0. The van der Waals surface area contributed by atoms with Crippen LogP contribution in [-0.4, -0.2) is 37.6 Å². The minimum Gasteiger partial charge on any atom is -0.396 e. The summed E-state index contributed by atoms with van der Waals surface area (Å²) >= 11 is 0. The van der Waals surface area contributed by atoms with Crippen LogP contribution in [-0.2, 0) is 9.47 Å². The number of aliphatic hydroxyl groups is 1. The first-order valence-corrected chi connectivity index (χ1v) is 3.94. The zero-order valence-electron chi connectivity index (χ0n) is 7.17. The van der Waals surface area contributed by atoms with Crippen LogP contribution >= 0.6 is 0 Å². The van der Waals surface area contributed by atoms with Crippen LogP contribution in [0.5, 0.6) is 0 Å². The first-order valence-electron chi connectivity index (χ1n) is 3.94. The fourth-order valence-corrected chi connectivity index (χ4v) is 0.677. The number of ether oxygens (including phenoxy) is 2. The third kappa shape index (κ3) is 3.70. The molecule has 1 aliphatic rings. The van der Waals surface area contributed by atoms with Gasteiger partial charge in [0.15, 0.2) is 0 Å². The van der Waals surface area contributed by atoms with Crippen molar-refractivity contribution in [1.29, 1.82) is 0 Å². The monoisotopic (exact) mass is 160 g/mol. The molecule has 1 fully saturated rings. The third-order valence-corrected chi connectivity index (χ3v) is 1.63. The second-order valence-electron chi connectivity index (χ2n) is 3.79. The van der Waals surface area contributed by atoms with Gasteiger partial charge < -0.3 is 14.6 Å². The molecule has 3 nitrogen and oxygen atoms in total. The first kappa shape index (κ1) is 8.97. The van der Waals surface area contributed by atoms with Crippen molar-refractivity contribution in [3.8, 4) is 0 Å². The number of rotatable bonds is 5. The summed E-state index contributed by atoms with van der Waals surface area (Å²) in [6.45, 7) is 6.21. The van der Waals surface area contributed by atoms with Crippen LogP contribution in [0.25, 0.3) is 0 Å². The van der Waals surface area contributed by atoms with Crippen LogP contribution in [0.4, 0.5) is 0 Å². The van der Waals surface area contributed by atoms with Gasteiger partial charge in [0.05, 0.1) is 26.4 Å². The van der Waals surface area contributed by atoms with Gasteiger partial charge in [-0.15, -0.1) is 0 Å². The predicted molar refractivity (Wildman–Crippen MR) is 41.4 cm³/mol. The molecule has 1 atom stereocenters. The van der Waals surface area contributed by atoms with Crippen LogP contribution < -0.4 is 0 Å². The van der Waals surface area contributed by atoms with Gasteiger partial charge in [-0.25, -0.2) is 0 Å². The quantitative estimate of drug-likeness (QED) is 0.593. The lowest BCUT2D eigenvalue weighted by Crippen LogP contribution is -2.24. The molecule has 1 unspecified atom stereocenters. The lowest BCUT2D eigenvalue weighted by Gasteiger charge is -2.20. The standard InChI is InChI=1S/C8H16O3/c1-8(2,5-9)6-10-3-7-4-11-7/h7,9H,3-6H2,1-2H3. The van der Waals surface area contributed by atoms with Gasteiger partial charge in [0.2, 0.25) is 0 Å². The van der Waals surface area contributed by atoms with Crippen LogP contribution in [0.1, 0.15) is 13.8 Å². The van der Waals surface area contributed by atoms with Gasteiger partial charge >= 0.3 is 0 Å². The molecule has 1 rings (SSSR count). The van der Waals surface area contributed by atoms with Gasteiger partial charge in [0, 0.05) is 5.41 Å². The molecule has 1 N–H and O–H groups in total. The van der Waals surface area contributed by atoms with Crippen molar-refractivity contribution in [2.24, 2.45) is 5.41 Å². The van der Waals surface area contributed by atoms with Crippen molar-refractivity contribution in [3.63, 3.8) is 0 Å². The zero-order valence-corrected chi connectivity index (χ0v) is 7.17. The topological polar surface area (TPSA) is 42.0 Å². The Kier molecular flexibility index (Phi) is 2.87. The Morgan fingerprint density at radius 1 is 1.64 bits per heavy atom. The number of hydrogen-bond acceptors (Lipinski definition) is 3. The molecule has 0 radical (unpaired) electrons. The van der Waals surface area contributed by atoms with E-state index in [0.29, 0.717) is 19.3 Å². The summed E-state index contributed by atoms with van der Waals surface area (Å²) in [4.78, 5) is 0. The van der Waals surface area contributed by atoms with E-state index in [1.54, 1.807) is 0 Å². The molecular formula is C8H16O3. The molecule has 0 amide bonds. The van der Waals surface area contributed by atoms with Crippen molar-refractivity contribution in [2.75, 3.05) is 26.4 Å². The van der Waals surface area contributed by atoms with Crippen LogP contribution in [0.2, 0.25) is 0 Å². The van der Waals surface area contributed by atoms with E-state index in [1.165, 1.54) is 0 Å². The zero-order chi connectivity index (χ0) is 8.32. The molecule has 0 aromatic rings. The summed E-state index contributed by atoms with van der Waals surface area (Å²) in [6, 6.07) is 0. The molecule has 66 valence electrons. The van der Waals surface area contributed by atoms with E-state index in [0.717, 1.165) is 6.61 Å². The van der Waals surface area contributed by atoms with Gasteiger partial charge in [-0.05, 0) is 0 Å². The van der Waals surface area contributed by atoms with E-state index in [9.17, 15) is 0 Å². The summed E-state index contributed by atoms with van der Waals surface area (Å²) in [5.74, 6) is 0. The smallest absolute Gasteiger partial charge is 0.104 e. The number of aliphatic hydroxyl groups excluding tert-OH is 1. The fourth-order valence-electron chi connectivity index (χ4n) is 0.677. The molecule has 0 bridgehead atoms. The minimum atomic E-state index is -0.116. The molecule has 0 aromatic heterocycles. The third-order valence-electron chi connectivity index (χ3n) is 1.63. The molecule has 11 heavy (non-hydrogen) atoms. The number of epoxide rings is 1. The highest BCUT2D eigenvalue weighted by molar-refractivity contribution is 4.70.